The van der Waals surface area contributed by atoms with Crippen molar-refractivity contribution in [2.24, 2.45) is 0 Å². The number of nitrogens with one attached hydrogen (secondary N) is 1. The highest BCUT2D eigenvalue weighted by Crippen LogP contribution is 2.39. The van der Waals surface area contributed by atoms with E-state index in [-0.39, 0.29) is 11.9 Å². The topological polar surface area (TPSA) is 56.1 Å². The molecule has 0 unspecified atom stereocenters. The van der Waals surface area contributed by atoms with Crippen LogP contribution in [0.5, 0.6) is 5.75 Å². The van der Waals surface area contributed by atoms with Gasteiger partial charge < -0.3 is 10.1 Å². The normalized spacial score (nSPS) is 14.6. The fraction of sp³-hybridized carbons (Fsp3) is 0.273. The Labute approximate surface area is 159 Å². The van der Waals surface area contributed by atoms with Crippen molar-refractivity contribution >= 4 is 5.91 Å². The van der Waals surface area contributed by atoms with E-state index in [4.69, 9.17) is 9.84 Å². The second-order valence-corrected chi connectivity index (χ2v) is 6.91. The maximum atomic E-state index is 13.1. The highest BCUT2D eigenvalue weighted by Gasteiger charge is 2.29. The molecule has 2 aromatic carbocycles. The standard InChI is InChI=1S/C22H23N3O2/c1-15(18-10-6-7-11-21(18)27-2)23-22(26)20-14-19(16-12-13-16)24-25(20)17-8-4-3-5-9-17/h3-11,14-16H,12-13H2,1-2H3,(H,23,26)/t15-/m0/s1. The summed E-state index contributed by atoms with van der Waals surface area (Å²) in [5.74, 6) is 1.10. The number of carbonyl (C=O) groups excluding carboxylic acids is 1. The summed E-state index contributed by atoms with van der Waals surface area (Å²) in [6.45, 7) is 1.96. The molecule has 0 aliphatic heterocycles. The lowest BCUT2D eigenvalue weighted by molar-refractivity contribution is 0.0931. The van der Waals surface area contributed by atoms with E-state index in [0.29, 0.717) is 11.6 Å². The largest absolute Gasteiger partial charge is 0.496 e. The van der Waals surface area contributed by atoms with E-state index in [1.807, 2.05) is 67.6 Å². The Morgan fingerprint density at radius 2 is 1.85 bits per heavy atom. The number of hydrogen-bond donors (Lipinski definition) is 1. The first-order valence-corrected chi connectivity index (χ1v) is 9.26. The lowest BCUT2D eigenvalue weighted by Crippen LogP contribution is -2.28. The van der Waals surface area contributed by atoms with Crippen molar-refractivity contribution in [2.75, 3.05) is 7.11 Å². The summed E-state index contributed by atoms with van der Waals surface area (Å²) < 4.78 is 7.17. The van der Waals surface area contributed by atoms with Gasteiger partial charge in [0.15, 0.2) is 0 Å². The zero-order chi connectivity index (χ0) is 18.8. The molecule has 27 heavy (non-hydrogen) atoms. The minimum Gasteiger partial charge on any atom is -0.496 e. The molecule has 1 amide bonds. The first-order chi connectivity index (χ1) is 13.2. The van der Waals surface area contributed by atoms with Gasteiger partial charge in [-0.05, 0) is 44.0 Å². The van der Waals surface area contributed by atoms with Crippen molar-refractivity contribution in [3.05, 3.63) is 77.6 Å². The molecule has 1 N–H and O–H groups in total. The summed E-state index contributed by atoms with van der Waals surface area (Å²) in [6, 6.07) is 19.3. The first-order valence-electron chi connectivity index (χ1n) is 9.26. The number of hydrogen-bond acceptors (Lipinski definition) is 3. The number of methoxy groups -OCH3 is 1. The molecule has 3 aromatic rings. The van der Waals surface area contributed by atoms with Crippen LogP contribution in [0.15, 0.2) is 60.7 Å². The fourth-order valence-corrected chi connectivity index (χ4v) is 3.28. The Balaban J connectivity index is 1.63. The Morgan fingerprint density at radius 1 is 1.15 bits per heavy atom. The van der Waals surface area contributed by atoms with E-state index in [2.05, 4.69) is 5.32 Å². The van der Waals surface area contributed by atoms with Gasteiger partial charge in [0.05, 0.1) is 24.5 Å². The quantitative estimate of drug-likeness (QED) is 0.714. The molecule has 0 spiro atoms. The number of amides is 1. The molecule has 1 fully saturated rings. The Hall–Kier alpha value is -3.08. The van der Waals surface area contributed by atoms with Gasteiger partial charge in [-0.2, -0.15) is 5.10 Å². The molecule has 138 valence electrons. The van der Waals surface area contributed by atoms with Crippen molar-refractivity contribution in [1.29, 1.82) is 0 Å². The fourth-order valence-electron chi connectivity index (χ4n) is 3.28. The summed E-state index contributed by atoms with van der Waals surface area (Å²) in [6.07, 6.45) is 2.29. The van der Waals surface area contributed by atoms with E-state index in [0.717, 1.165) is 35.5 Å². The lowest BCUT2D eigenvalue weighted by atomic mass is 10.1. The van der Waals surface area contributed by atoms with Crippen LogP contribution in [0, 0.1) is 0 Å². The van der Waals surface area contributed by atoms with Gasteiger partial charge in [-0.3, -0.25) is 4.79 Å². The average Bonchev–Trinajstić information content (AvgIpc) is 3.46. The summed E-state index contributed by atoms with van der Waals surface area (Å²) in [4.78, 5) is 13.1. The maximum absolute atomic E-state index is 13.1. The third kappa shape index (κ3) is 3.58. The minimum atomic E-state index is -0.183. The smallest absolute Gasteiger partial charge is 0.270 e. The Bertz CT molecular complexity index is 945. The molecule has 0 saturated heterocycles. The molecule has 1 atom stereocenters. The number of benzene rings is 2. The SMILES string of the molecule is COc1ccccc1[C@H](C)NC(=O)c1cc(C2CC2)nn1-c1ccccc1. The average molecular weight is 361 g/mol. The van der Waals surface area contributed by atoms with E-state index >= 15 is 0 Å². The second kappa shape index (κ2) is 7.27. The van der Waals surface area contributed by atoms with E-state index in [1.54, 1.807) is 11.8 Å². The molecule has 1 heterocycles. The molecule has 4 rings (SSSR count). The van der Waals surface area contributed by atoms with Crippen LogP contribution in [0.2, 0.25) is 0 Å². The lowest BCUT2D eigenvalue weighted by Gasteiger charge is -2.17. The van der Waals surface area contributed by atoms with Crippen molar-refractivity contribution in [3.63, 3.8) is 0 Å². The zero-order valence-corrected chi connectivity index (χ0v) is 15.6. The number of ether oxygens (including phenoxy) is 1. The maximum Gasteiger partial charge on any atom is 0.270 e. The predicted molar refractivity (Wildman–Crippen MR) is 104 cm³/mol. The number of para-hydroxylation sites is 2. The summed E-state index contributed by atoms with van der Waals surface area (Å²) in [5, 5.41) is 7.80. The van der Waals surface area contributed by atoms with E-state index in [1.165, 1.54) is 0 Å². The first kappa shape index (κ1) is 17.3. The molecular formula is C22H23N3O2. The predicted octanol–water partition coefficient (Wildman–Crippen LogP) is 4.25. The van der Waals surface area contributed by atoms with Gasteiger partial charge >= 0.3 is 0 Å². The van der Waals surface area contributed by atoms with Crippen LogP contribution in [0.4, 0.5) is 0 Å². The second-order valence-electron chi connectivity index (χ2n) is 6.91. The zero-order valence-electron chi connectivity index (χ0n) is 15.6. The van der Waals surface area contributed by atoms with Crippen LogP contribution in [-0.2, 0) is 0 Å². The molecule has 0 bridgehead atoms. The van der Waals surface area contributed by atoms with Crippen molar-refractivity contribution in [2.45, 2.75) is 31.7 Å². The molecule has 0 radical (unpaired) electrons. The molecular weight excluding hydrogens is 338 g/mol. The molecule has 1 aromatic heterocycles. The number of aromatic nitrogens is 2. The number of rotatable bonds is 6. The van der Waals surface area contributed by atoms with Gasteiger partial charge in [0, 0.05) is 11.5 Å². The van der Waals surface area contributed by atoms with Crippen molar-refractivity contribution in [1.82, 2.24) is 15.1 Å². The molecule has 5 heteroatoms. The number of carbonyl (C=O) groups is 1. The Kier molecular flexibility index (Phi) is 4.67. The highest BCUT2D eigenvalue weighted by atomic mass is 16.5. The van der Waals surface area contributed by atoms with Crippen LogP contribution in [0.25, 0.3) is 5.69 Å². The van der Waals surface area contributed by atoms with Gasteiger partial charge in [-0.1, -0.05) is 36.4 Å². The monoisotopic (exact) mass is 361 g/mol. The summed E-state index contributed by atoms with van der Waals surface area (Å²) >= 11 is 0. The van der Waals surface area contributed by atoms with Crippen LogP contribution >= 0.6 is 0 Å². The van der Waals surface area contributed by atoms with Crippen LogP contribution < -0.4 is 10.1 Å². The minimum absolute atomic E-state index is 0.142. The molecule has 1 saturated carbocycles. The van der Waals surface area contributed by atoms with Gasteiger partial charge in [0.1, 0.15) is 11.4 Å². The molecule has 5 nitrogen and oxygen atoms in total. The van der Waals surface area contributed by atoms with Gasteiger partial charge in [-0.15, -0.1) is 0 Å². The third-order valence-corrected chi connectivity index (χ3v) is 4.91. The van der Waals surface area contributed by atoms with Crippen LogP contribution in [0.1, 0.15) is 53.5 Å². The van der Waals surface area contributed by atoms with Gasteiger partial charge in [0.25, 0.3) is 5.91 Å². The summed E-state index contributed by atoms with van der Waals surface area (Å²) in [7, 11) is 1.64. The van der Waals surface area contributed by atoms with E-state index < -0.39 is 0 Å². The molecule has 1 aliphatic carbocycles. The number of nitrogens with zero attached hydrogens (tertiary/aromatic N) is 2. The van der Waals surface area contributed by atoms with Crippen LogP contribution in [0.3, 0.4) is 0 Å². The van der Waals surface area contributed by atoms with Gasteiger partial charge in [-0.25, -0.2) is 4.68 Å². The Morgan fingerprint density at radius 3 is 2.56 bits per heavy atom. The van der Waals surface area contributed by atoms with Crippen molar-refractivity contribution < 1.29 is 9.53 Å². The summed E-state index contributed by atoms with van der Waals surface area (Å²) in [5.41, 5.74) is 3.39. The third-order valence-electron chi connectivity index (χ3n) is 4.91. The van der Waals surface area contributed by atoms with Gasteiger partial charge in [0.2, 0.25) is 0 Å². The highest BCUT2D eigenvalue weighted by molar-refractivity contribution is 5.93. The van der Waals surface area contributed by atoms with E-state index in [9.17, 15) is 4.79 Å². The van der Waals surface area contributed by atoms with Crippen molar-refractivity contribution in [3.8, 4) is 11.4 Å². The van der Waals surface area contributed by atoms with Crippen LogP contribution in [-0.4, -0.2) is 22.8 Å². The molecule has 1 aliphatic rings.